The van der Waals surface area contributed by atoms with Crippen LogP contribution in [-0.4, -0.2) is 54.1 Å². The molecule has 0 fully saturated rings. The number of esters is 1. The molecule has 0 radical (unpaired) electrons. The van der Waals surface area contributed by atoms with Gasteiger partial charge in [0.2, 0.25) is 17.7 Å². The molecular weight excluding hydrogens is 400 g/mol. The third kappa shape index (κ3) is 9.93. The molecule has 4 N–H and O–H groups in total. The van der Waals surface area contributed by atoms with Crippen LogP contribution in [0.25, 0.3) is 0 Å². The second-order valence-corrected chi connectivity index (χ2v) is 8.08. The minimum Gasteiger partial charge on any atom is -0.464 e. The van der Waals surface area contributed by atoms with E-state index < -0.39 is 35.4 Å². The first kappa shape index (κ1) is 28.5. The van der Waals surface area contributed by atoms with Gasteiger partial charge in [-0.3, -0.25) is 14.4 Å². The highest BCUT2D eigenvalue weighted by Gasteiger charge is 2.40. The predicted molar refractivity (Wildman–Crippen MR) is 120 cm³/mol. The molecule has 0 saturated carbocycles. The highest BCUT2D eigenvalue weighted by Crippen LogP contribution is 2.18. The predicted octanol–water partition coefficient (Wildman–Crippen LogP) is 2.08. The van der Waals surface area contributed by atoms with Gasteiger partial charge in [0, 0.05) is 6.92 Å². The molecular formula is C22H40N4O5. The summed E-state index contributed by atoms with van der Waals surface area (Å²) in [7, 11) is 0. The number of ether oxygens (including phenoxy) is 1. The van der Waals surface area contributed by atoms with E-state index in [9.17, 15) is 19.2 Å². The van der Waals surface area contributed by atoms with Crippen LogP contribution in [0.3, 0.4) is 0 Å². The van der Waals surface area contributed by atoms with E-state index in [1.807, 2.05) is 13.8 Å². The number of nitrogens with one attached hydrogen (secondary N) is 4. The number of hydrogen-bond donors (Lipinski definition) is 4. The van der Waals surface area contributed by atoms with E-state index >= 15 is 0 Å². The summed E-state index contributed by atoms with van der Waals surface area (Å²) >= 11 is 0. The molecule has 0 aliphatic heterocycles. The van der Waals surface area contributed by atoms with Crippen molar-refractivity contribution in [3.05, 3.63) is 0 Å². The van der Waals surface area contributed by atoms with E-state index in [2.05, 4.69) is 16.0 Å². The van der Waals surface area contributed by atoms with Crippen LogP contribution in [0.5, 0.6) is 0 Å². The van der Waals surface area contributed by atoms with Crippen molar-refractivity contribution in [3.63, 3.8) is 0 Å². The average molecular weight is 441 g/mol. The Morgan fingerprint density at radius 2 is 1.61 bits per heavy atom. The van der Waals surface area contributed by atoms with Gasteiger partial charge in [-0.05, 0) is 57.6 Å². The van der Waals surface area contributed by atoms with Crippen molar-refractivity contribution in [1.29, 1.82) is 5.41 Å². The van der Waals surface area contributed by atoms with E-state index in [0.29, 0.717) is 38.5 Å². The summed E-state index contributed by atoms with van der Waals surface area (Å²) in [5, 5.41) is 15.4. The second kappa shape index (κ2) is 14.5. The van der Waals surface area contributed by atoms with Gasteiger partial charge in [-0.1, -0.05) is 27.7 Å². The van der Waals surface area contributed by atoms with Crippen LogP contribution in [0.4, 0.5) is 0 Å². The number of unbranched alkanes of at least 4 members (excludes halogenated alkanes) is 1. The van der Waals surface area contributed by atoms with Gasteiger partial charge in [0.15, 0.2) is 0 Å². The normalized spacial score (nSPS) is 13.1. The summed E-state index contributed by atoms with van der Waals surface area (Å²) in [5.41, 5.74) is -1.17. The van der Waals surface area contributed by atoms with Crippen molar-refractivity contribution in [1.82, 2.24) is 16.0 Å². The first-order chi connectivity index (χ1) is 14.6. The van der Waals surface area contributed by atoms with Crippen LogP contribution in [0.1, 0.15) is 80.1 Å². The summed E-state index contributed by atoms with van der Waals surface area (Å²) in [5.74, 6) is -1.61. The lowest BCUT2D eigenvalue weighted by Crippen LogP contribution is -2.60. The molecule has 178 valence electrons. The van der Waals surface area contributed by atoms with Crippen LogP contribution in [0.15, 0.2) is 0 Å². The third-order valence-electron chi connectivity index (χ3n) is 5.11. The van der Waals surface area contributed by atoms with Crippen molar-refractivity contribution in [3.8, 4) is 0 Å². The molecule has 0 aromatic carbocycles. The zero-order valence-corrected chi connectivity index (χ0v) is 19.8. The Labute approximate surface area is 185 Å². The number of amides is 3. The van der Waals surface area contributed by atoms with Gasteiger partial charge in [-0.2, -0.15) is 0 Å². The zero-order chi connectivity index (χ0) is 24.0. The van der Waals surface area contributed by atoms with Crippen molar-refractivity contribution in [2.75, 3.05) is 6.61 Å². The third-order valence-corrected chi connectivity index (χ3v) is 5.11. The molecule has 31 heavy (non-hydrogen) atoms. The minimum absolute atomic E-state index is 0.157. The van der Waals surface area contributed by atoms with Gasteiger partial charge in [-0.25, -0.2) is 4.79 Å². The first-order valence-electron chi connectivity index (χ1n) is 11.1. The van der Waals surface area contributed by atoms with E-state index in [-0.39, 0.29) is 18.4 Å². The molecule has 0 aliphatic carbocycles. The standard InChI is InChI=1S/C22H40N4O5/c1-7-22(8-2,21(30)31-9-3)26-20(29)17(12-10-11-13-23)25-19(28)18(14-15(4)5)24-16(6)27/h13,15,17-18,23H,7-12,14H2,1-6H3,(H,24,27)(H,25,28)(H,26,29)/t17-,18-/m0/s1. The molecule has 0 bridgehead atoms. The number of hydrogen-bond acceptors (Lipinski definition) is 6. The van der Waals surface area contributed by atoms with Crippen LogP contribution in [-0.2, 0) is 23.9 Å². The molecule has 0 rings (SSSR count). The zero-order valence-electron chi connectivity index (χ0n) is 19.8. The second-order valence-electron chi connectivity index (χ2n) is 8.08. The van der Waals surface area contributed by atoms with Crippen LogP contribution >= 0.6 is 0 Å². The SMILES string of the molecule is CCOC(=O)C(CC)(CC)NC(=O)[C@H](CCCC=N)NC(=O)[C@H](CC(C)C)NC(C)=O. The molecule has 0 aliphatic rings. The molecule has 9 heteroatoms. The van der Waals surface area contributed by atoms with E-state index in [1.54, 1.807) is 20.8 Å². The maximum Gasteiger partial charge on any atom is 0.331 e. The Kier molecular flexibility index (Phi) is 13.4. The van der Waals surface area contributed by atoms with Crippen LogP contribution in [0.2, 0.25) is 0 Å². The number of rotatable bonds is 15. The van der Waals surface area contributed by atoms with Gasteiger partial charge in [0.1, 0.15) is 17.6 Å². The fourth-order valence-corrected chi connectivity index (χ4v) is 3.27. The fourth-order valence-electron chi connectivity index (χ4n) is 3.27. The molecule has 0 aromatic rings. The van der Waals surface area contributed by atoms with Crippen molar-refractivity contribution < 1.29 is 23.9 Å². The van der Waals surface area contributed by atoms with Crippen molar-refractivity contribution >= 4 is 29.9 Å². The first-order valence-corrected chi connectivity index (χ1v) is 11.1. The smallest absolute Gasteiger partial charge is 0.331 e. The maximum absolute atomic E-state index is 13.1. The largest absolute Gasteiger partial charge is 0.464 e. The van der Waals surface area contributed by atoms with Crippen LogP contribution < -0.4 is 16.0 Å². The van der Waals surface area contributed by atoms with Crippen molar-refractivity contribution in [2.45, 2.75) is 97.7 Å². The molecule has 3 amide bonds. The Balaban J connectivity index is 5.60. The summed E-state index contributed by atoms with van der Waals surface area (Å²) < 4.78 is 5.16. The molecule has 0 aromatic heterocycles. The molecule has 9 nitrogen and oxygen atoms in total. The van der Waals surface area contributed by atoms with Crippen molar-refractivity contribution in [2.24, 2.45) is 5.92 Å². The highest BCUT2D eigenvalue weighted by molar-refractivity contribution is 5.94. The van der Waals surface area contributed by atoms with Gasteiger partial charge >= 0.3 is 5.97 Å². The van der Waals surface area contributed by atoms with Gasteiger partial charge in [0.25, 0.3) is 0 Å². The van der Waals surface area contributed by atoms with Gasteiger partial charge in [-0.15, -0.1) is 0 Å². The quantitative estimate of drug-likeness (QED) is 0.175. The fraction of sp³-hybridized carbons (Fsp3) is 0.773. The Morgan fingerprint density at radius 1 is 1.00 bits per heavy atom. The molecule has 2 atom stereocenters. The Bertz CT molecular complexity index is 617. The van der Waals surface area contributed by atoms with Gasteiger partial charge in [0.05, 0.1) is 6.61 Å². The summed E-state index contributed by atoms with van der Waals surface area (Å²) in [4.78, 5) is 50.0. The summed E-state index contributed by atoms with van der Waals surface area (Å²) in [6.07, 6.45) is 3.64. The number of carbonyl (C=O) groups is 4. The Morgan fingerprint density at radius 3 is 2.06 bits per heavy atom. The molecule has 0 saturated heterocycles. The monoisotopic (exact) mass is 440 g/mol. The summed E-state index contributed by atoms with van der Waals surface area (Å²) in [6, 6.07) is -1.66. The average Bonchev–Trinajstić information content (AvgIpc) is 2.70. The lowest BCUT2D eigenvalue weighted by atomic mass is 9.92. The van der Waals surface area contributed by atoms with Crippen LogP contribution in [0, 0.1) is 11.3 Å². The molecule has 0 spiro atoms. The Hall–Kier alpha value is -2.45. The lowest BCUT2D eigenvalue weighted by Gasteiger charge is -2.32. The number of carbonyl (C=O) groups excluding carboxylic acids is 4. The molecule has 0 heterocycles. The van der Waals surface area contributed by atoms with E-state index in [1.165, 1.54) is 13.1 Å². The summed E-state index contributed by atoms with van der Waals surface area (Å²) in [6.45, 7) is 10.7. The minimum atomic E-state index is -1.17. The van der Waals surface area contributed by atoms with E-state index in [0.717, 1.165) is 0 Å². The topological polar surface area (TPSA) is 137 Å². The van der Waals surface area contributed by atoms with E-state index in [4.69, 9.17) is 10.1 Å². The lowest BCUT2D eigenvalue weighted by molar-refractivity contribution is -0.154. The molecule has 0 unspecified atom stereocenters. The maximum atomic E-state index is 13.1. The highest BCUT2D eigenvalue weighted by atomic mass is 16.5. The van der Waals surface area contributed by atoms with Gasteiger partial charge < -0.3 is 26.1 Å².